The molecule has 1 aromatic heterocycles. The predicted octanol–water partition coefficient (Wildman–Crippen LogP) is 2.66. The minimum atomic E-state index is 0.233. The maximum absolute atomic E-state index is 4.32. The van der Waals surface area contributed by atoms with Crippen molar-refractivity contribution in [3.63, 3.8) is 0 Å². The summed E-state index contributed by atoms with van der Waals surface area (Å²) in [7, 11) is 8.03. The Kier molecular flexibility index (Phi) is 5.36. The molecule has 0 bridgehead atoms. The third-order valence-corrected chi connectivity index (χ3v) is 3.78. The molecular formula is C17H26N6. The molecule has 1 aliphatic rings. The highest BCUT2D eigenvalue weighted by Gasteiger charge is 2.20. The Balaban J connectivity index is 2.14. The largest absolute Gasteiger partial charge is 0.381 e. The number of nitrogens with zero attached hydrogens (tertiary/aromatic N) is 5. The van der Waals surface area contributed by atoms with Crippen molar-refractivity contribution in [3.8, 4) is 0 Å². The highest BCUT2D eigenvalue weighted by atomic mass is 15.1. The van der Waals surface area contributed by atoms with Gasteiger partial charge in [-0.15, -0.1) is 0 Å². The van der Waals surface area contributed by atoms with Gasteiger partial charge in [0, 0.05) is 46.4 Å². The van der Waals surface area contributed by atoms with E-state index in [0.717, 1.165) is 12.2 Å². The van der Waals surface area contributed by atoms with Crippen LogP contribution in [0.1, 0.15) is 20.3 Å². The van der Waals surface area contributed by atoms with Crippen molar-refractivity contribution in [1.29, 1.82) is 0 Å². The molecule has 1 aromatic rings. The predicted molar refractivity (Wildman–Crippen MR) is 96.0 cm³/mol. The van der Waals surface area contributed by atoms with E-state index in [0.29, 0.717) is 5.82 Å². The van der Waals surface area contributed by atoms with Gasteiger partial charge in [0.15, 0.2) is 5.82 Å². The molecule has 0 radical (unpaired) electrons. The van der Waals surface area contributed by atoms with Gasteiger partial charge in [-0.25, -0.2) is 15.0 Å². The van der Waals surface area contributed by atoms with Crippen molar-refractivity contribution >= 4 is 18.0 Å². The molecule has 0 amide bonds. The molecule has 0 saturated carbocycles. The van der Waals surface area contributed by atoms with Crippen LogP contribution in [0.5, 0.6) is 0 Å². The van der Waals surface area contributed by atoms with Gasteiger partial charge in [0.1, 0.15) is 12.1 Å². The minimum Gasteiger partial charge on any atom is -0.381 e. The average molecular weight is 314 g/mol. The summed E-state index contributed by atoms with van der Waals surface area (Å²) in [6.07, 6.45) is 6.46. The van der Waals surface area contributed by atoms with Gasteiger partial charge < -0.3 is 15.1 Å². The van der Waals surface area contributed by atoms with E-state index in [1.807, 2.05) is 25.1 Å². The van der Waals surface area contributed by atoms with Crippen molar-refractivity contribution in [3.05, 3.63) is 35.3 Å². The second kappa shape index (κ2) is 7.26. The summed E-state index contributed by atoms with van der Waals surface area (Å²) >= 11 is 0. The summed E-state index contributed by atoms with van der Waals surface area (Å²) in [5, 5.41) is 3.50. The molecule has 0 spiro atoms. The lowest BCUT2D eigenvalue weighted by Crippen LogP contribution is -2.29. The average Bonchev–Trinajstić information content (AvgIpc) is 2.48. The number of allylic oxidation sites excluding steroid dienone is 2. The number of aliphatic imine (C=N–C) groups is 1. The van der Waals surface area contributed by atoms with Crippen LogP contribution in [0.25, 0.3) is 0 Å². The summed E-state index contributed by atoms with van der Waals surface area (Å²) in [5.74, 6) is 1.44. The van der Waals surface area contributed by atoms with Crippen molar-refractivity contribution in [2.45, 2.75) is 26.3 Å². The lowest BCUT2D eigenvalue weighted by Gasteiger charge is -2.30. The van der Waals surface area contributed by atoms with E-state index in [2.05, 4.69) is 59.2 Å². The first-order valence-corrected chi connectivity index (χ1v) is 7.71. The zero-order chi connectivity index (χ0) is 17.0. The van der Waals surface area contributed by atoms with Crippen LogP contribution >= 0.6 is 0 Å². The zero-order valence-electron chi connectivity index (χ0n) is 14.8. The fourth-order valence-electron chi connectivity index (χ4n) is 2.59. The van der Waals surface area contributed by atoms with E-state index < -0.39 is 0 Å². The Morgan fingerprint density at radius 3 is 2.61 bits per heavy atom. The number of anilines is 1. The van der Waals surface area contributed by atoms with Gasteiger partial charge in [-0.2, -0.15) is 0 Å². The quantitative estimate of drug-likeness (QED) is 0.669. The molecule has 0 saturated heterocycles. The third-order valence-electron chi connectivity index (χ3n) is 3.78. The van der Waals surface area contributed by atoms with Crippen LogP contribution in [0.4, 0.5) is 11.6 Å². The van der Waals surface area contributed by atoms with E-state index >= 15 is 0 Å². The molecule has 1 N–H and O–H groups in total. The number of hydrogen-bond acceptors (Lipinski definition) is 5. The number of nitrogens with one attached hydrogen (secondary N) is 1. The van der Waals surface area contributed by atoms with Crippen LogP contribution in [0, 0.1) is 0 Å². The second-order valence-corrected chi connectivity index (χ2v) is 6.28. The van der Waals surface area contributed by atoms with Crippen molar-refractivity contribution in [2.75, 3.05) is 33.5 Å². The molecule has 0 fully saturated rings. The number of hydrogen-bond donors (Lipinski definition) is 1. The molecule has 6 nitrogen and oxygen atoms in total. The third kappa shape index (κ3) is 4.55. The van der Waals surface area contributed by atoms with Crippen LogP contribution in [-0.2, 0) is 0 Å². The molecule has 1 heterocycles. The molecule has 23 heavy (non-hydrogen) atoms. The Hall–Kier alpha value is -2.37. The van der Waals surface area contributed by atoms with Crippen LogP contribution in [0.15, 0.2) is 40.3 Å². The topological polar surface area (TPSA) is 56.6 Å². The van der Waals surface area contributed by atoms with Gasteiger partial charge in [0.2, 0.25) is 0 Å². The van der Waals surface area contributed by atoms with Crippen molar-refractivity contribution in [2.24, 2.45) is 4.99 Å². The second-order valence-electron chi connectivity index (χ2n) is 6.28. The number of rotatable bonds is 5. The highest BCUT2D eigenvalue weighted by Crippen LogP contribution is 2.27. The summed E-state index contributed by atoms with van der Waals surface area (Å²) in [4.78, 5) is 16.9. The molecule has 1 aliphatic carbocycles. The fourth-order valence-corrected chi connectivity index (χ4v) is 2.59. The Morgan fingerprint density at radius 1 is 1.22 bits per heavy atom. The van der Waals surface area contributed by atoms with E-state index in [1.54, 1.807) is 12.7 Å². The molecule has 1 atom stereocenters. The van der Waals surface area contributed by atoms with Crippen LogP contribution in [0.3, 0.4) is 0 Å². The lowest BCUT2D eigenvalue weighted by atomic mass is 9.93. The molecule has 124 valence electrons. The summed E-state index contributed by atoms with van der Waals surface area (Å²) in [5.41, 5.74) is 3.97. The van der Waals surface area contributed by atoms with Crippen LogP contribution in [0.2, 0.25) is 0 Å². The lowest BCUT2D eigenvalue weighted by molar-refractivity contribution is 0.469. The van der Waals surface area contributed by atoms with Crippen LogP contribution in [-0.4, -0.2) is 60.3 Å². The van der Waals surface area contributed by atoms with Crippen molar-refractivity contribution in [1.82, 2.24) is 19.8 Å². The molecular weight excluding hydrogens is 288 g/mol. The minimum absolute atomic E-state index is 0.233. The first-order valence-electron chi connectivity index (χ1n) is 7.71. The Morgan fingerprint density at radius 2 is 1.96 bits per heavy atom. The van der Waals surface area contributed by atoms with E-state index in [9.17, 15) is 0 Å². The monoisotopic (exact) mass is 314 g/mol. The van der Waals surface area contributed by atoms with E-state index in [1.165, 1.54) is 16.8 Å². The summed E-state index contributed by atoms with van der Waals surface area (Å²) < 4.78 is 0. The fraction of sp³-hybridized carbons (Fsp3) is 0.471. The normalized spacial score (nSPS) is 18.2. The van der Waals surface area contributed by atoms with E-state index in [4.69, 9.17) is 0 Å². The summed E-state index contributed by atoms with van der Waals surface area (Å²) in [6, 6.07) is 2.10. The smallest absolute Gasteiger partial charge is 0.159 e. The van der Waals surface area contributed by atoms with Gasteiger partial charge in [-0.3, -0.25) is 0 Å². The molecule has 0 aromatic carbocycles. The Bertz CT molecular complexity index is 642. The van der Waals surface area contributed by atoms with Gasteiger partial charge in [0.05, 0.1) is 12.4 Å². The van der Waals surface area contributed by atoms with Crippen LogP contribution < -0.4 is 5.32 Å². The first-order chi connectivity index (χ1) is 10.9. The standard InChI is InChI=1S/C17H26N6/c1-12-7-13(2)15(23(5)6)8-14(12)21-17-9-16(18-10-19-17)20-11-22(3)4/h7,9-11,14H,8H2,1-6H3,(H,18,19,21). The zero-order valence-corrected chi connectivity index (χ0v) is 14.8. The van der Waals surface area contributed by atoms with Crippen molar-refractivity contribution < 1.29 is 0 Å². The van der Waals surface area contributed by atoms with E-state index in [-0.39, 0.29) is 6.04 Å². The maximum atomic E-state index is 4.32. The number of aromatic nitrogens is 2. The summed E-state index contributed by atoms with van der Waals surface area (Å²) in [6.45, 7) is 4.31. The van der Waals surface area contributed by atoms with Gasteiger partial charge in [-0.05, 0) is 19.4 Å². The molecule has 0 aliphatic heterocycles. The highest BCUT2D eigenvalue weighted by molar-refractivity contribution is 5.60. The maximum Gasteiger partial charge on any atom is 0.159 e. The molecule has 2 rings (SSSR count). The van der Waals surface area contributed by atoms with Gasteiger partial charge in [-0.1, -0.05) is 11.6 Å². The Labute approximate surface area is 138 Å². The first kappa shape index (κ1) is 17.0. The SMILES string of the molecule is CC1=CC(C)=C(N(C)C)CC1Nc1cc(N=CN(C)C)ncn1. The molecule has 6 heteroatoms. The molecule has 1 unspecified atom stereocenters. The van der Waals surface area contributed by atoms with Gasteiger partial charge in [0.25, 0.3) is 0 Å². The van der Waals surface area contributed by atoms with Gasteiger partial charge >= 0.3 is 0 Å².